The Labute approximate surface area is 144 Å². The van der Waals surface area contributed by atoms with E-state index in [0.29, 0.717) is 17.9 Å². The lowest BCUT2D eigenvalue weighted by Crippen LogP contribution is -2.32. The van der Waals surface area contributed by atoms with Gasteiger partial charge in [-0.25, -0.2) is 14.3 Å². The molecule has 1 amide bonds. The molecule has 0 aliphatic carbocycles. The summed E-state index contributed by atoms with van der Waals surface area (Å²) in [6.45, 7) is 4.45. The first kappa shape index (κ1) is 16.6. The van der Waals surface area contributed by atoms with Crippen LogP contribution in [0.5, 0.6) is 0 Å². The zero-order chi connectivity index (χ0) is 17.8. The van der Waals surface area contributed by atoms with E-state index in [1.165, 1.54) is 28.1 Å². The maximum atomic E-state index is 12.2. The van der Waals surface area contributed by atoms with Crippen molar-refractivity contribution in [2.45, 2.75) is 20.4 Å². The summed E-state index contributed by atoms with van der Waals surface area (Å²) in [5.41, 5.74) is 2.42. The fourth-order valence-electron chi connectivity index (χ4n) is 2.53. The summed E-state index contributed by atoms with van der Waals surface area (Å²) in [5, 5.41) is 11.0. The van der Waals surface area contributed by atoms with Crippen molar-refractivity contribution in [2.24, 2.45) is 0 Å². The van der Waals surface area contributed by atoms with Crippen molar-refractivity contribution in [3.8, 4) is 5.82 Å². The van der Waals surface area contributed by atoms with Gasteiger partial charge in [0.25, 0.3) is 11.5 Å². The highest BCUT2D eigenvalue weighted by molar-refractivity contribution is 5.94. The monoisotopic (exact) mass is 338 g/mol. The van der Waals surface area contributed by atoms with E-state index < -0.39 is 0 Å². The van der Waals surface area contributed by atoms with Crippen molar-refractivity contribution in [3.05, 3.63) is 70.0 Å². The molecule has 1 aromatic carbocycles. The molecular formula is C17H18N6O2. The lowest BCUT2D eigenvalue weighted by Gasteiger charge is -2.09. The third-order valence-corrected chi connectivity index (χ3v) is 3.60. The molecule has 0 spiro atoms. The summed E-state index contributed by atoms with van der Waals surface area (Å²) in [5.74, 6) is 0.310. The number of aromatic nitrogens is 5. The van der Waals surface area contributed by atoms with E-state index in [1.807, 2.05) is 32.0 Å². The standard InChI is InChI=1S/C17H18N6O2/c1-12-7-13(2)9-14(8-12)17(25)19-5-6-22-16(24)4-3-15(21-22)23-11-18-10-20-23/h3-4,7-11H,5-6H2,1-2H3,(H,19,25). The molecule has 128 valence electrons. The van der Waals surface area contributed by atoms with E-state index in [0.717, 1.165) is 11.1 Å². The van der Waals surface area contributed by atoms with Crippen molar-refractivity contribution in [3.63, 3.8) is 0 Å². The van der Waals surface area contributed by atoms with Crippen LogP contribution in [-0.2, 0) is 6.54 Å². The summed E-state index contributed by atoms with van der Waals surface area (Å²) < 4.78 is 2.75. The molecule has 1 N–H and O–H groups in total. The van der Waals surface area contributed by atoms with E-state index in [1.54, 1.807) is 6.07 Å². The van der Waals surface area contributed by atoms with E-state index in [9.17, 15) is 9.59 Å². The predicted molar refractivity (Wildman–Crippen MR) is 91.7 cm³/mol. The first-order valence-electron chi connectivity index (χ1n) is 7.82. The smallest absolute Gasteiger partial charge is 0.266 e. The molecule has 25 heavy (non-hydrogen) atoms. The van der Waals surface area contributed by atoms with Gasteiger partial charge in [0, 0.05) is 18.2 Å². The van der Waals surface area contributed by atoms with Crippen LogP contribution in [0.4, 0.5) is 0 Å². The molecule has 3 rings (SSSR count). The summed E-state index contributed by atoms with van der Waals surface area (Å²) in [7, 11) is 0. The third-order valence-electron chi connectivity index (χ3n) is 3.60. The first-order valence-corrected chi connectivity index (χ1v) is 7.82. The molecule has 0 unspecified atom stereocenters. The van der Waals surface area contributed by atoms with Gasteiger partial charge in [0.1, 0.15) is 12.7 Å². The Morgan fingerprint density at radius 2 is 1.92 bits per heavy atom. The minimum atomic E-state index is -0.246. The number of aryl methyl sites for hydroxylation is 2. The lowest BCUT2D eigenvalue weighted by atomic mass is 10.1. The van der Waals surface area contributed by atoms with Crippen molar-refractivity contribution in [1.82, 2.24) is 29.9 Å². The van der Waals surface area contributed by atoms with E-state index in [-0.39, 0.29) is 18.0 Å². The fraction of sp³-hybridized carbons (Fsp3) is 0.235. The molecule has 0 saturated heterocycles. The molecule has 0 saturated carbocycles. The SMILES string of the molecule is Cc1cc(C)cc(C(=O)NCCn2nc(-n3cncn3)ccc2=O)c1. The van der Waals surface area contributed by atoms with Crippen molar-refractivity contribution in [1.29, 1.82) is 0 Å². The number of carbonyl (C=O) groups excluding carboxylic acids is 1. The Balaban J connectivity index is 1.66. The fourth-order valence-corrected chi connectivity index (χ4v) is 2.53. The van der Waals surface area contributed by atoms with Gasteiger partial charge in [-0.2, -0.15) is 5.10 Å². The maximum Gasteiger partial charge on any atom is 0.266 e. The Bertz CT molecular complexity index is 926. The number of hydrogen-bond donors (Lipinski definition) is 1. The van der Waals surface area contributed by atoms with Crippen LogP contribution < -0.4 is 10.9 Å². The molecule has 0 aliphatic heterocycles. The maximum absolute atomic E-state index is 12.2. The Morgan fingerprint density at radius 1 is 1.16 bits per heavy atom. The highest BCUT2D eigenvalue weighted by Gasteiger charge is 2.07. The van der Waals surface area contributed by atoms with E-state index in [4.69, 9.17) is 0 Å². The number of hydrogen-bond acceptors (Lipinski definition) is 5. The molecule has 0 atom stereocenters. The molecule has 2 aromatic heterocycles. The largest absolute Gasteiger partial charge is 0.350 e. The lowest BCUT2D eigenvalue weighted by molar-refractivity contribution is 0.0951. The molecule has 2 heterocycles. The molecule has 0 radical (unpaired) electrons. The second-order valence-corrected chi connectivity index (χ2v) is 5.73. The number of carbonyl (C=O) groups is 1. The normalized spacial score (nSPS) is 10.6. The first-order chi connectivity index (χ1) is 12.0. The highest BCUT2D eigenvalue weighted by atomic mass is 16.2. The van der Waals surface area contributed by atoms with Crippen LogP contribution in [0.2, 0.25) is 0 Å². The summed E-state index contributed by atoms with van der Waals surface area (Å²) in [6, 6.07) is 8.66. The molecule has 0 aliphatic rings. The Morgan fingerprint density at radius 3 is 2.60 bits per heavy atom. The Kier molecular flexibility index (Phi) is 4.69. The van der Waals surface area contributed by atoms with Gasteiger partial charge in [-0.1, -0.05) is 17.2 Å². The van der Waals surface area contributed by atoms with Crippen LogP contribution in [0.15, 0.2) is 47.8 Å². The summed E-state index contributed by atoms with van der Waals surface area (Å²) >= 11 is 0. The van der Waals surface area contributed by atoms with Gasteiger partial charge in [0.2, 0.25) is 0 Å². The van der Waals surface area contributed by atoms with Gasteiger partial charge in [0.15, 0.2) is 5.82 Å². The highest BCUT2D eigenvalue weighted by Crippen LogP contribution is 2.08. The second-order valence-electron chi connectivity index (χ2n) is 5.73. The average molecular weight is 338 g/mol. The van der Waals surface area contributed by atoms with Gasteiger partial charge in [-0.15, -0.1) is 5.10 Å². The second kappa shape index (κ2) is 7.08. The van der Waals surface area contributed by atoms with Gasteiger partial charge >= 0.3 is 0 Å². The molecule has 8 heteroatoms. The van der Waals surface area contributed by atoms with E-state index >= 15 is 0 Å². The molecular weight excluding hydrogens is 320 g/mol. The minimum Gasteiger partial charge on any atom is -0.350 e. The van der Waals surface area contributed by atoms with Crippen LogP contribution in [0.25, 0.3) is 5.82 Å². The van der Waals surface area contributed by atoms with E-state index in [2.05, 4.69) is 20.5 Å². The summed E-state index contributed by atoms with van der Waals surface area (Å²) in [4.78, 5) is 28.0. The molecule has 0 fully saturated rings. The predicted octanol–water partition coefficient (Wildman–Crippen LogP) is 0.871. The van der Waals surface area contributed by atoms with Crippen molar-refractivity contribution >= 4 is 5.91 Å². The van der Waals surface area contributed by atoms with Gasteiger partial charge in [-0.05, 0) is 32.0 Å². The zero-order valence-corrected chi connectivity index (χ0v) is 14.0. The molecule has 0 bridgehead atoms. The zero-order valence-electron chi connectivity index (χ0n) is 14.0. The van der Waals surface area contributed by atoms with Gasteiger partial charge in [0.05, 0.1) is 6.54 Å². The number of benzene rings is 1. The number of nitrogens with one attached hydrogen (secondary N) is 1. The van der Waals surface area contributed by atoms with Crippen LogP contribution in [0.1, 0.15) is 21.5 Å². The number of nitrogens with zero attached hydrogens (tertiary/aromatic N) is 5. The molecule has 8 nitrogen and oxygen atoms in total. The van der Waals surface area contributed by atoms with Crippen LogP contribution >= 0.6 is 0 Å². The topological polar surface area (TPSA) is 94.7 Å². The number of amides is 1. The van der Waals surface area contributed by atoms with Crippen molar-refractivity contribution < 1.29 is 4.79 Å². The average Bonchev–Trinajstić information content (AvgIpc) is 3.10. The quantitative estimate of drug-likeness (QED) is 0.745. The number of rotatable bonds is 5. The Hall–Kier alpha value is -3.29. The van der Waals surface area contributed by atoms with Crippen LogP contribution in [0.3, 0.4) is 0 Å². The van der Waals surface area contributed by atoms with Gasteiger partial charge in [-0.3, -0.25) is 9.59 Å². The summed E-state index contributed by atoms with van der Waals surface area (Å²) in [6.07, 6.45) is 2.89. The minimum absolute atomic E-state index is 0.174. The van der Waals surface area contributed by atoms with Crippen LogP contribution in [0, 0.1) is 13.8 Å². The third kappa shape index (κ3) is 3.97. The van der Waals surface area contributed by atoms with Crippen LogP contribution in [-0.4, -0.2) is 37.0 Å². The molecule has 3 aromatic rings. The van der Waals surface area contributed by atoms with Gasteiger partial charge < -0.3 is 5.32 Å². The van der Waals surface area contributed by atoms with Crippen molar-refractivity contribution in [2.75, 3.05) is 6.54 Å².